The molecule has 4 N–H and O–H groups in total. The lowest BCUT2D eigenvalue weighted by molar-refractivity contribution is 1.54. The Bertz CT molecular complexity index is 69.3. The molecule has 0 unspecified atom stereocenters. The first-order valence-electron chi connectivity index (χ1n) is 1.54. The third kappa shape index (κ3) is 5.91. The van der Waals surface area contributed by atoms with Crippen molar-refractivity contribution in [3.8, 4) is 0 Å². The van der Waals surface area contributed by atoms with E-state index < -0.39 is 0 Å². The van der Waals surface area contributed by atoms with Crippen molar-refractivity contribution < 1.29 is 0 Å². The van der Waals surface area contributed by atoms with Crippen LogP contribution in [-0.2, 0) is 0 Å². The first kappa shape index (κ1) is 6.91. The second kappa shape index (κ2) is 4.08. The zero-order valence-electron chi connectivity index (χ0n) is 3.60. The van der Waals surface area contributed by atoms with Crippen molar-refractivity contribution in [1.29, 1.82) is 0 Å². The molecule has 0 rings (SSSR count). The Hall–Kier alpha value is -0.0900. The predicted octanol–water partition coefficient (Wildman–Crippen LogP) is 0.104. The molecule has 0 bridgehead atoms. The summed E-state index contributed by atoms with van der Waals surface area (Å²) in [4.78, 5) is 0. The minimum absolute atomic E-state index is 0.0608. The maximum Gasteiger partial charge on any atom is 0.197 e. The molecule has 7 heavy (non-hydrogen) atoms. The van der Waals surface area contributed by atoms with E-state index >= 15 is 0 Å². The highest BCUT2D eigenvalue weighted by atomic mass is 35.5. The standard InChI is InChI=1S/C2H6ClN3S/c3-1-7-6-2(4)5/h1H2,(H4,4,5,6). The van der Waals surface area contributed by atoms with Gasteiger partial charge in [-0.2, -0.15) is 4.40 Å². The lowest BCUT2D eigenvalue weighted by Crippen LogP contribution is -2.21. The molecule has 0 aromatic carbocycles. The van der Waals surface area contributed by atoms with Gasteiger partial charge in [-0.15, -0.1) is 11.6 Å². The average Bonchev–Trinajstić information content (AvgIpc) is 1.61. The highest BCUT2D eigenvalue weighted by molar-refractivity contribution is 7.99. The number of nitrogens with zero attached hydrogens (tertiary/aromatic N) is 1. The molecule has 0 radical (unpaired) electrons. The normalized spacial score (nSPS) is 8.14. The summed E-state index contributed by atoms with van der Waals surface area (Å²) in [6.07, 6.45) is 0. The molecule has 0 aliphatic heterocycles. The van der Waals surface area contributed by atoms with Crippen molar-refractivity contribution in [2.45, 2.75) is 0 Å². The van der Waals surface area contributed by atoms with Crippen LogP contribution < -0.4 is 11.5 Å². The summed E-state index contributed by atoms with van der Waals surface area (Å²) in [6.45, 7) is 0. The lowest BCUT2D eigenvalue weighted by Gasteiger charge is -1.84. The first-order chi connectivity index (χ1) is 3.27. The van der Waals surface area contributed by atoms with Crippen molar-refractivity contribution in [1.82, 2.24) is 0 Å². The maximum absolute atomic E-state index is 5.19. The molecular formula is C2H6ClN3S. The molecule has 0 aliphatic carbocycles. The van der Waals surface area contributed by atoms with Gasteiger partial charge in [-0.1, -0.05) is 0 Å². The van der Waals surface area contributed by atoms with E-state index in [-0.39, 0.29) is 5.96 Å². The summed E-state index contributed by atoms with van der Waals surface area (Å²) < 4.78 is 3.50. The lowest BCUT2D eigenvalue weighted by atomic mass is 11.1. The molecule has 0 fully saturated rings. The van der Waals surface area contributed by atoms with Crippen LogP contribution in [0.2, 0.25) is 0 Å². The van der Waals surface area contributed by atoms with E-state index in [1.54, 1.807) is 0 Å². The van der Waals surface area contributed by atoms with E-state index in [9.17, 15) is 0 Å². The Labute approximate surface area is 51.2 Å². The van der Waals surface area contributed by atoms with Crippen LogP contribution in [-0.4, -0.2) is 11.2 Å². The molecule has 0 saturated heterocycles. The molecule has 0 amide bonds. The zero-order valence-corrected chi connectivity index (χ0v) is 5.17. The predicted molar refractivity (Wildman–Crippen MR) is 34.1 cm³/mol. The number of halogens is 1. The molecule has 3 nitrogen and oxygen atoms in total. The largest absolute Gasteiger partial charge is 0.369 e. The van der Waals surface area contributed by atoms with Gasteiger partial charge >= 0.3 is 0 Å². The summed E-state index contributed by atoms with van der Waals surface area (Å²) in [5.41, 5.74) is 9.85. The second-order valence-corrected chi connectivity index (χ2v) is 2.07. The monoisotopic (exact) mass is 139 g/mol. The van der Waals surface area contributed by atoms with Gasteiger partial charge in [-0.3, -0.25) is 0 Å². The summed E-state index contributed by atoms with van der Waals surface area (Å²) in [5, 5.41) is 0.387. The fourth-order valence-electron chi connectivity index (χ4n) is 0.0989. The van der Waals surface area contributed by atoms with Gasteiger partial charge in [0.2, 0.25) is 0 Å². The van der Waals surface area contributed by atoms with E-state index in [0.29, 0.717) is 5.21 Å². The minimum atomic E-state index is 0.0608. The molecule has 0 aliphatic rings. The van der Waals surface area contributed by atoms with Gasteiger partial charge in [0.05, 0.1) is 5.21 Å². The van der Waals surface area contributed by atoms with Gasteiger partial charge in [0.1, 0.15) is 0 Å². The van der Waals surface area contributed by atoms with Crippen LogP contribution in [0.5, 0.6) is 0 Å². The highest BCUT2D eigenvalue weighted by Crippen LogP contribution is 2.00. The summed E-state index contributed by atoms with van der Waals surface area (Å²) in [6, 6.07) is 0. The number of hydrogen-bond donors (Lipinski definition) is 2. The molecule has 5 heteroatoms. The zero-order chi connectivity index (χ0) is 5.70. The maximum atomic E-state index is 5.19. The third-order valence-electron chi connectivity index (χ3n) is 0.219. The quantitative estimate of drug-likeness (QED) is 0.247. The van der Waals surface area contributed by atoms with E-state index in [1.165, 1.54) is 0 Å². The van der Waals surface area contributed by atoms with Crippen molar-refractivity contribution in [2.24, 2.45) is 15.9 Å². The van der Waals surface area contributed by atoms with E-state index in [1.807, 2.05) is 0 Å². The molecule has 0 spiro atoms. The van der Waals surface area contributed by atoms with Gasteiger partial charge in [0.25, 0.3) is 0 Å². The molecule has 42 valence electrons. The van der Waals surface area contributed by atoms with Gasteiger partial charge < -0.3 is 11.5 Å². The number of rotatable bonds is 2. The number of guanidine groups is 1. The van der Waals surface area contributed by atoms with Crippen LogP contribution in [0, 0.1) is 0 Å². The molecule has 0 atom stereocenters. The highest BCUT2D eigenvalue weighted by Gasteiger charge is 1.76. The fourth-order valence-corrected chi connectivity index (χ4v) is 0.443. The molecule has 0 saturated carbocycles. The van der Waals surface area contributed by atoms with Crippen LogP contribution in [0.15, 0.2) is 4.40 Å². The van der Waals surface area contributed by atoms with Crippen molar-refractivity contribution in [3.63, 3.8) is 0 Å². The Morgan fingerprint density at radius 3 is 2.43 bits per heavy atom. The van der Waals surface area contributed by atoms with Gasteiger partial charge in [0, 0.05) is 0 Å². The summed E-state index contributed by atoms with van der Waals surface area (Å²) in [7, 11) is 0. The Morgan fingerprint density at radius 1 is 1.71 bits per heavy atom. The average molecular weight is 140 g/mol. The minimum Gasteiger partial charge on any atom is -0.369 e. The van der Waals surface area contributed by atoms with Crippen LogP contribution >= 0.6 is 23.5 Å². The van der Waals surface area contributed by atoms with Crippen molar-refractivity contribution in [2.75, 3.05) is 5.21 Å². The summed E-state index contributed by atoms with van der Waals surface area (Å²) in [5.74, 6) is 0.0608. The van der Waals surface area contributed by atoms with Crippen molar-refractivity contribution in [3.05, 3.63) is 0 Å². The first-order valence-corrected chi connectivity index (χ1v) is 3.02. The number of nitrogens with two attached hydrogens (primary N) is 2. The van der Waals surface area contributed by atoms with E-state index in [2.05, 4.69) is 4.40 Å². The molecule has 0 aromatic rings. The van der Waals surface area contributed by atoms with Gasteiger partial charge in [0.15, 0.2) is 5.96 Å². The van der Waals surface area contributed by atoms with Gasteiger partial charge in [-0.25, -0.2) is 0 Å². The molecular weight excluding hydrogens is 134 g/mol. The smallest absolute Gasteiger partial charge is 0.197 e. The van der Waals surface area contributed by atoms with Gasteiger partial charge in [-0.05, 0) is 11.9 Å². The van der Waals surface area contributed by atoms with E-state index in [4.69, 9.17) is 23.1 Å². The SMILES string of the molecule is NC(N)=NSCCl. The van der Waals surface area contributed by atoms with Crippen LogP contribution in [0.3, 0.4) is 0 Å². The van der Waals surface area contributed by atoms with Crippen LogP contribution in [0.4, 0.5) is 0 Å². The third-order valence-corrected chi connectivity index (χ3v) is 0.949. The topological polar surface area (TPSA) is 64.4 Å². The number of hydrogen-bond acceptors (Lipinski definition) is 2. The Kier molecular flexibility index (Phi) is 4.03. The molecule has 0 aromatic heterocycles. The van der Waals surface area contributed by atoms with Crippen LogP contribution in [0.1, 0.15) is 0 Å². The van der Waals surface area contributed by atoms with Crippen molar-refractivity contribution >= 4 is 29.5 Å². The fraction of sp³-hybridized carbons (Fsp3) is 0.500. The summed E-state index contributed by atoms with van der Waals surface area (Å²) >= 11 is 6.31. The van der Waals surface area contributed by atoms with E-state index in [0.717, 1.165) is 11.9 Å². The Balaban J connectivity index is 3.08. The number of alkyl halides is 1. The van der Waals surface area contributed by atoms with Crippen LogP contribution in [0.25, 0.3) is 0 Å². The Morgan fingerprint density at radius 2 is 2.29 bits per heavy atom. The molecule has 0 heterocycles. The second-order valence-electron chi connectivity index (χ2n) is 0.754.